The standard InChI is InChI=1S/C18H25NO4S/c1-24(21,22)16-5-3-15(4-6-16)18(9-2-10-18)17(20)19-11-7-14-8-12-23-13-14/h3-6,14H,2,7-13H2,1H3,(H,19,20)/t14-/m1/s1. The summed E-state index contributed by atoms with van der Waals surface area (Å²) in [6, 6.07) is 6.79. The fraction of sp³-hybridized carbons (Fsp3) is 0.611. The molecule has 1 aromatic carbocycles. The van der Waals surface area contributed by atoms with E-state index in [0.29, 0.717) is 17.4 Å². The third-order valence-electron chi connectivity index (χ3n) is 5.34. The van der Waals surface area contributed by atoms with E-state index in [-0.39, 0.29) is 5.91 Å². The topological polar surface area (TPSA) is 72.5 Å². The Bertz CT molecular complexity index is 686. The summed E-state index contributed by atoms with van der Waals surface area (Å²) >= 11 is 0. The summed E-state index contributed by atoms with van der Waals surface area (Å²) < 4.78 is 28.5. The molecule has 1 heterocycles. The van der Waals surface area contributed by atoms with Crippen LogP contribution in [0.2, 0.25) is 0 Å². The lowest BCUT2D eigenvalue weighted by atomic mass is 9.64. The first-order valence-electron chi connectivity index (χ1n) is 8.58. The minimum atomic E-state index is -3.21. The van der Waals surface area contributed by atoms with Gasteiger partial charge in [0.2, 0.25) is 5.91 Å². The highest BCUT2D eigenvalue weighted by molar-refractivity contribution is 7.90. The molecule has 1 aliphatic heterocycles. The van der Waals surface area contributed by atoms with Gasteiger partial charge in [-0.05, 0) is 49.3 Å². The van der Waals surface area contributed by atoms with Gasteiger partial charge >= 0.3 is 0 Å². The summed E-state index contributed by atoms with van der Waals surface area (Å²) in [5.41, 5.74) is 0.435. The maximum absolute atomic E-state index is 12.7. The predicted molar refractivity (Wildman–Crippen MR) is 91.6 cm³/mol. The molecule has 0 unspecified atom stereocenters. The Morgan fingerprint density at radius 1 is 1.29 bits per heavy atom. The van der Waals surface area contributed by atoms with Gasteiger partial charge in [0.1, 0.15) is 0 Å². The molecule has 2 fully saturated rings. The highest BCUT2D eigenvalue weighted by atomic mass is 32.2. The molecule has 0 radical (unpaired) electrons. The van der Waals surface area contributed by atoms with Gasteiger partial charge in [-0.15, -0.1) is 0 Å². The predicted octanol–water partition coefficient (Wildman–Crippen LogP) is 2.05. The summed E-state index contributed by atoms with van der Waals surface area (Å²) in [5, 5.41) is 3.08. The molecule has 132 valence electrons. The number of carbonyl (C=O) groups is 1. The lowest BCUT2D eigenvalue weighted by molar-refractivity contribution is -0.130. The van der Waals surface area contributed by atoms with Crippen LogP contribution in [0.15, 0.2) is 29.2 Å². The normalized spacial score (nSPS) is 22.8. The van der Waals surface area contributed by atoms with E-state index in [1.54, 1.807) is 24.3 Å². The highest BCUT2D eigenvalue weighted by Gasteiger charge is 2.45. The minimum Gasteiger partial charge on any atom is -0.381 e. The summed E-state index contributed by atoms with van der Waals surface area (Å²) in [6.07, 6.45) is 5.90. The van der Waals surface area contributed by atoms with Crippen LogP contribution in [0.3, 0.4) is 0 Å². The molecule has 1 amide bonds. The van der Waals surface area contributed by atoms with Crippen molar-refractivity contribution in [2.75, 3.05) is 26.0 Å². The minimum absolute atomic E-state index is 0.0692. The lowest BCUT2D eigenvalue weighted by Crippen LogP contribution is -2.49. The van der Waals surface area contributed by atoms with Gasteiger partial charge in [0.15, 0.2) is 9.84 Å². The van der Waals surface area contributed by atoms with E-state index >= 15 is 0 Å². The Morgan fingerprint density at radius 3 is 2.50 bits per heavy atom. The van der Waals surface area contributed by atoms with Crippen molar-refractivity contribution in [1.29, 1.82) is 0 Å². The molecule has 0 bridgehead atoms. The third-order valence-corrected chi connectivity index (χ3v) is 6.47. The second kappa shape index (κ2) is 6.84. The number of benzene rings is 1. The van der Waals surface area contributed by atoms with Crippen LogP contribution in [-0.4, -0.2) is 40.3 Å². The van der Waals surface area contributed by atoms with Crippen LogP contribution in [0.1, 0.15) is 37.7 Å². The quantitative estimate of drug-likeness (QED) is 0.851. The zero-order valence-electron chi connectivity index (χ0n) is 14.1. The summed E-state index contributed by atoms with van der Waals surface area (Å²) in [7, 11) is -3.21. The SMILES string of the molecule is CS(=O)(=O)c1ccc(C2(C(=O)NCC[C@@H]3CCOC3)CCC2)cc1. The number of hydrogen-bond donors (Lipinski definition) is 1. The fourth-order valence-electron chi connectivity index (χ4n) is 3.57. The molecule has 1 saturated heterocycles. The molecule has 5 nitrogen and oxygen atoms in total. The number of carbonyl (C=O) groups excluding carboxylic acids is 1. The van der Waals surface area contributed by atoms with Crippen molar-refractivity contribution in [2.24, 2.45) is 5.92 Å². The molecule has 6 heteroatoms. The molecule has 1 N–H and O–H groups in total. The first-order valence-corrected chi connectivity index (χ1v) is 10.5. The average molecular weight is 351 g/mol. The third kappa shape index (κ3) is 3.49. The molecule has 24 heavy (non-hydrogen) atoms. The maximum Gasteiger partial charge on any atom is 0.230 e. The molecule has 2 aliphatic rings. The van der Waals surface area contributed by atoms with Crippen molar-refractivity contribution in [3.63, 3.8) is 0 Å². The van der Waals surface area contributed by atoms with E-state index in [2.05, 4.69) is 5.32 Å². The fourth-order valence-corrected chi connectivity index (χ4v) is 4.20. The van der Waals surface area contributed by atoms with Crippen molar-refractivity contribution in [3.8, 4) is 0 Å². The van der Waals surface area contributed by atoms with Gasteiger partial charge in [-0.2, -0.15) is 0 Å². The van der Waals surface area contributed by atoms with Gasteiger partial charge in [0, 0.05) is 26.0 Å². The molecule has 0 aromatic heterocycles. The van der Waals surface area contributed by atoms with Crippen LogP contribution < -0.4 is 5.32 Å². The number of nitrogens with one attached hydrogen (secondary N) is 1. The number of rotatable bonds is 6. The number of amides is 1. The maximum atomic E-state index is 12.7. The van der Waals surface area contributed by atoms with Crippen LogP contribution in [0.25, 0.3) is 0 Å². The van der Waals surface area contributed by atoms with Gasteiger partial charge < -0.3 is 10.1 Å². The zero-order chi connectivity index (χ0) is 17.2. The molecule has 1 atom stereocenters. The Kier molecular flexibility index (Phi) is 4.97. The largest absolute Gasteiger partial charge is 0.381 e. The summed E-state index contributed by atoms with van der Waals surface area (Å²) in [6.45, 7) is 2.30. The van der Waals surface area contributed by atoms with Crippen molar-refractivity contribution >= 4 is 15.7 Å². The van der Waals surface area contributed by atoms with Crippen LogP contribution in [0, 0.1) is 5.92 Å². The molecular formula is C18H25NO4S. The first-order chi connectivity index (χ1) is 11.4. The second-order valence-corrected chi connectivity index (χ2v) is 9.02. The lowest BCUT2D eigenvalue weighted by Gasteiger charge is -2.41. The molecular weight excluding hydrogens is 326 g/mol. The Labute approximate surface area is 143 Å². The molecule has 1 aliphatic carbocycles. The van der Waals surface area contributed by atoms with Gasteiger partial charge in [-0.1, -0.05) is 18.6 Å². The van der Waals surface area contributed by atoms with Crippen molar-refractivity contribution < 1.29 is 17.9 Å². The summed E-state index contributed by atoms with van der Waals surface area (Å²) in [5.74, 6) is 0.622. The zero-order valence-corrected chi connectivity index (χ0v) is 14.9. The highest BCUT2D eigenvalue weighted by Crippen LogP contribution is 2.44. The van der Waals surface area contributed by atoms with Crippen LogP contribution in [-0.2, 0) is 24.8 Å². The van der Waals surface area contributed by atoms with Gasteiger partial charge in [-0.25, -0.2) is 8.42 Å². The van der Waals surface area contributed by atoms with E-state index in [1.165, 1.54) is 6.26 Å². The number of sulfone groups is 1. The van der Waals surface area contributed by atoms with Crippen LogP contribution in [0.5, 0.6) is 0 Å². The van der Waals surface area contributed by atoms with Crippen molar-refractivity contribution in [2.45, 2.75) is 42.4 Å². The Hall–Kier alpha value is -1.40. The van der Waals surface area contributed by atoms with E-state index in [1.807, 2.05) is 0 Å². The van der Waals surface area contributed by atoms with E-state index in [4.69, 9.17) is 4.74 Å². The average Bonchev–Trinajstić information content (AvgIpc) is 2.99. The molecule has 0 spiro atoms. The van der Waals surface area contributed by atoms with Gasteiger partial charge in [0.25, 0.3) is 0 Å². The second-order valence-electron chi connectivity index (χ2n) is 7.01. The molecule has 1 aromatic rings. The van der Waals surface area contributed by atoms with E-state index in [0.717, 1.165) is 50.9 Å². The number of hydrogen-bond acceptors (Lipinski definition) is 4. The van der Waals surface area contributed by atoms with E-state index < -0.39 is 15.3 Å². The summed E-state index contributed by atoms with van der Waals surface area (Å²) in [4.78, 5) is 13.0. The van der Waals surface area contributed by atoms with Crippen LogP contribution in [0.4, 0.5) is 0 Å². The monoisotopic (exact) mass is 351 g/mol. The smallest absolute Gasteiger partial charge is 0.230 e. The Balaban J connectivity index is 1.65. The molecule has 3 rings (SSSR count). The molecule has 1 saturated carbocycles. The van der Waals surface area contributed by atoms with Crippen molar-refractivity contribution in [1.82, 2.24) is 5.32 Å². The van der Waals surface area contributed by atoms with Gasteiger partial charge in [-0.3, -0.25) is 4.79 Å². The number of ether oxygens (including phenoxy) is 1. The van der Waals surface area contributed by atoms with E-state index in [9.17, 15) is 13.2 Å². The van der Waals surface area contributed by atoms with Crippen molar-refractivity contribution in [3.05, 3.63) is 29.8 Å². The Morgan fingerprint density at radius 2 is 2.00 bits per heavy atom. The van der Waals surface area contributed by atoms with Gasteiger partial charge in [0.05, 0.1) is 10.3 Å². The van der Waals surface area contributed by atoms with Crippen LogP contribution >= 0.6 is 0 Å². The first kappa shape index (κ1) is 17.4.